The lowest BCUT2D eigenvalue weighted by molar-refractivity contribution is -0.138. The molecule has 6 heterocycles. The van der Waals surface area contributed by atoms with Crippen molar-refractivity contribution >= 4 is 164 Å². The van der Waals surface area contributed by atoms with Crippen LogP contribution in [0.4, 0.5) is 74.0 Å². The summed E-state index contributed by atoms with van der Waals surface area (Å²) in [6.45, 7) is 5.50. The van der Waals surface area contributed by atoms with Crippen molar-refractivity contribution in [3.63, 3.8) is 0 Å². The SMILES string of the molecule is CC(C)N(C(=O)c1ncc(Cl)cc1NS(=O)(=O)c1ccc(Cl)c(C(F)(F)F)c1)c1ccccn1.CNc1ccccn1.COCN(c1cc(Cl)cnc1C(=O)N(c1ccccn1)C(C)C)S(=O)(=O)c1ccc(Cl)c(C(F)(F)F)c1.COCN(c1cc(Cl)cnc1C(=O)O)S(=O)(=O)c1ccc(Cl)c(C(F)(F)F)c1.N=NN=NCl. The van der Waals surface area contributed by atoms with Gasteiger partial charge in [-0.05, 0) is 147 Å². The smallest absolute Gasteiger partial charge is 0.417 e. The highest BCUT2D eigenvalue weighted by Gasteiger charge is 2.40. The van der Waals surface area contributed by atoms with Crippen LogP contribution in [0.3, 0.4) is 0 Å². The summed E-state index contributed by atoms with van der Waals surface area (Å²) < 4.78 is 214. The summed E-state index contributed by atoms with van der Waals surface area (Å²) in [5.41, 5.74) is -0.587. The third kappa shape index (κ3) is 25.0. The molecule has 0 radical (unpaired) electrons. The number of hydrogen-bond acceptors (Lipinski definition) is 20. The Balaban J connectivity index is 0.000000279. The normalized spacial score (nSPS) is 11.7. The Hall–Kier alpha value is -9.46. The van der Waals surface area contributed by atoms with Crippen molar-refractivity contribution < 1.29 is 93.7 Å². The number of carboxylic acids is 1. The Morgan fingerprint density at radius 1 is 0.518 bits per heavy atom. The summed E-state index contributed by atoms with van der Waals surface area (Å²) in [5, 5.41) is 15.1. The van der Waals surface area contributed by atoms with Crippen molar-refractivity contribution in [2.24, 2.45) is 15.1 Å². The van der Waals surface area contributed by atoms with E-state index in [4.69, 9.17) is 84.6 Å². The van der Waals surface area contributed by atoms with E-state index in [0.29, 0.717) is 32.6 Å². The number of aromatic nitrogens is 6. The average molecular weight is 1770 g/mol. The number of benzene rings is 3. The number of methoxy groups -OCH3 is 2. The van der Waals surface area contributed by atoms with Crippen LogP contribution in [0.25, 0.3) is 0 Å². The van der Waals surface area contributed by atoms with Crippen molar-refractivity contribution in [3.05, 3.63) is 228 Å². The first-order valence-electron chi connectivity index (χ1n) is 30.7. The molecular weight excluding hydrogens is 1710 g/mol. The van der Waals surface area contributed by atoms with Gasteiger partial charge in [0.2, 0.25) is 0 Å². The minimum Gasteiger partial charge on any atom is -0.476 e. The minimum atomic E-state index is -4.91. The molecule has 0 aliphatic rings. The van der Waals surface area contributed by atoms with E-state index >= 15 is 0 Å². The van der Waals surface area contributed by atoms with Gasteiger partial charge in [0.1, 0.15) is 30.9 Å². The van der Waals surface area contributed by atoms with Crippen molar-refractivity contribution in [2.75, 3.05) is 63.2 Å². The maximum Gasteiger partial charge on any atom is 0.417 e. The van der Waals surface area contributed by atoms with Crippen molar-refractivity contribution in [2.45, 2.75) is 73.0 Å². The Labute approximate surface area is 668 Å². The van der Waals surface area contributed by atoms with Gasteiger partial charge in [0.05, 0.1) is 90.4 Å². The van der Waals surface area contributed by atoms with E-state index in [-0.39, 0.29) is 43.6 Å². The van der Waals surface area contributed by atoms with Gasteiger partial charge in [-0.15, -0.1) is 0 Å². The van der Waals surface area contributed by atoms with Crippen LogP contribution in [0.5, 0.6) is 0 Å². The molecule has 0 fully saturated rings. The number of nitrogens with zero attached hydrogens (tertiary/aromatic N) is 13. The highest BCUT2D eigenvalue weighted by atomic mass is 35.5. The Bertz CT molecular complexity index is 5170. The molecule has 112 heavy (non-hydrogen) atoms. The molecule has 6 aromatic heterocycles. The molecule has 47 heteroatoms. The van der Waals surface area contributed by atoms with Crippen LogP contribution >= 0.6 is 81.4 Å². The number of carbonyl (C=O) groups excluding carboxylic acids is 2. The molecule has 9 aromatic rings. The van der Waals surface area contributed by atoms with Gasteiger partial charge in [-0.25, -0.2) is 68.6 Å². The fourth-order valence-electron chi connectivity index (χ4n) is 9.09. The van der Waals surface area contributed by atoms with Crippen LogP contribution in [0.1, 0.15) is 75.9 Å². The minimum absolute atomic E-state index is 0.00438. The fraction of sp³-hybridized carbons (Fsp3) is 0.215. The molecule has 0 bridgehead atoms. The summed E-state index contributed by atoms with van der Waals surface area (Å²) in [4.78, 5) is 62.7. The van der Waals surface area contributed by atoms with E-state index in [1.165, 1.54) is 29.3 Å². The van der Waals surface area contributed by atoms with Crippen molar-refractivity contribution in [3.8, 4) is 0 Å². The monoisotopic (exact) mass is 1770 g/mol. The third-order valence-electron chi connectivity index (χ3n) is 13.9. The molecule has 28 nitrogen and oxygen atoms in total. The van der Waals surface area contributed by atoms with Gasteiger partial charge < -0.3 is 19.9 Å². The lowest BCUT2D eigenvalue weighted by Crippen LogP contribution is -2.40. The number of nitrogens with one attached hydrogen (secondary N) is 3. The lowest BCUT2D eigenvalue weighted by Gasteiger charge is -2.29. The topological polar surface area (TPSA) is 368 Å². The second kappa shape index (κ2) is 40.8. The molecule has 0 spiro atoms. The summed E-state index contributed by atoms with van der Waals surface area (Å²) >= 11 is 39.2. The number of sulfonamides is 3. The van der Waals surface area contributed by atoms with Gasteiger partial charge in [-0.2, -0.15) is 45.0 Å². The first kappa shape index (κ1) is 93.1. The molecule has 2 amide bonds. The highest BCUT2D eigenvalue weighted by Crippen LogP contribution is 2.41. The maximum absolute atomic E-state index is 13.7. The molecule has 0 saturated carbocycles. The lowest BCUT2D eigenvalue weighted by atomic mass is 10.2. The van der Waals surface area contributed by atoms with Crippen molar-refractivity contribution in [1.29, 1.82) is 5.53 Å². The second-order valence-electron chi connectivity index (χ2n) is 22.1. The zero-order chi connectivity index (χ0) is 84.0. The number of amides is 2. The molecule has 4 N–H and O–H groups in total. The van der Waals surface area contributed by atoms with Crippen LogP contribution in [0.15, 0.2) is 194 Å². The van der Waals surface area contributed by atoms with E-state index in [1.807, 2.05) is 25.2 Å². The molecule has 0 aliphatic carbocycles. The van der Waals surface area contributed by atoms with Gasteiger partial charge in [-0.1, -0.05) is 92.4 Å². The number of rotatable bonds is 22. The largest absolute Gasteiger partial charge is 0.476 e. The van der Waals surface area contributed by atoms with E-state index in [1.54, 1.807) is 70.3 Å². The molecular formula is C65H58Cl7F9N16O12S3. The first-order chi connectivity index (χ1) is 52.3. The summed E-state index contributed by atoms with van der Waals surface area (Å²) in [7, 11) is -9.88. The zero-order valence-electron chi connectivity index (χ0n) is 58.2. The van der Waals surface area contributed by atoms with E-state index in [9.17, 15) is 84.3 Å². The van der Waals surface area contributed by atoms with Gasteiger partial charge in [0.15, 0.2) is 17.1 Å². The fourth-order valence-corrected chi connectivity index (χ4v) is 14.2. The number of alkyl halides is 9. The molecule has 600 valence electrons. The Kier molecular flexibility index (Phi) is 34.0. The van der Waals surface area contributed by atoms with Crippen LogP contribution < -0.4 is 28.4 Å². The molecule has 0 atom stereocenters. The van der Waals surface area contributed by atoms with Gasteiger partial charge in [-0.3, -0.25) is 24.1 Å². The second-order valence-corrected chi connectivity index (χ2v) is 30.2. The van der Waals surface area contributed by atoms with Gasteiger partial charge in [0, 0.05) is 70.5 Å². The summed E-state index contributed by atoms with van der Waals surface area (Å²) in [6, 6.07) is 24.3. The van der Waals surface area contributed by atoms with E-state index in [0.717, 1.165) is 86.1 Å². The molecule has 0 saturated heterocycles. The maximum atomic E-state index is 13.7. The number of ether oxygens (including phenoxy) is 2. The predicted molar refractivity (Wildman–Crippen MR) is 400 cm³/mol. The Morgan fingerprint density at radius 3 is 1.21 bits per heavy atom. The summed E-state index contributed by atoms with van der Waals surface area (Å²) in [5.74, 6) is -1.51. The average Bonchev–Trinajstić information content (AvgIpc) is 0.784. The zero-order valence-corrected chi connectivity index (χ0v) is 65.9. The van der Waals surface area contributed by atoms with Crippen LogP contribution in [0, 0.1) is 5.53 Å². The number of aromatic carboxylic acids is 1. The molecule has 3 aromatic carbocycles. The summed E-state index contributed by atoms with van der Waals surface area (Å²) in [6.07, 6.45) is -6.69. The van der Waals surface area contributed by atoms with Crippen LogP contribution in [-0.2, 0) is 58.1 Å². The van der Waals surface area contributed by atoms with E-state index < -0.39 is 150 Å². The van der Waals surface area contributed by atoms with Crippen LogP contribution in [0.2, 0.25) is 30.1 Å². The standard InChI is InChI=1S/C23H21Cl2F3N4O4S.C21H17Cl2F3N4O3S.C15H11Cl2F3N2O5S.C6H8N2.ClHN4/c1-14(2)32(20-6-4-5-9-29-20)22(33)21-19(10-15(24)12-30-21)31(13-36-3)37(34,35)16-7-8-18(25)17(11-16)23(26,27)28;1-12(2)30(18-5-3-4-8-27-18)20(31)19-17(9-13(22)11-28-19)29-34(32,33)14-6-7-16(23)15(10-14)21(24,25)26;1-27-7-22(12-4-8(16)6-21-13(12)14(23)24)28(25,26)9-2-3-11(17)10(5-9)15(18,19)20;1-7-6-4-2-3-5-8-6;1-3-5-4-2/h4-12,14H,13H2,1-3H3;3-12,29H,1-2H3;2-6H,7H2,1H3,(H,23,24);2-5H,1H3,(H,7,8);2H. The number of carboxylic acid groups (broad SMARTS) is 1. The molecule has 0 aliphatic heterocycles. The number of pyridine rings is 6. The number of halogens is 16. The molecule has 9 rings (SSSR count). The molecule has 0 unspecified atom stereocenters. The predicted octanol–water partition coefficient (Wildman–Crippen LogP) is 17.9. The van der Waals surface area contributed by atoms with Crippen LogP contribution in [-0.4, -0.2) is 125 Å². The van der Waals surface area contributed by atoms with Crippen molar-refractivity contribution in [1.82, 2.24) is 29.9 Å². The quantitative estimate of drug-likeness (QED) is 0.0212. The van der Waals surface area contributed by atoms with E-state index in [2.05, 4.69) is 66.8 Å². The Morgan fingerprint density at radius 2 is 0.884 bits per heavy atom. The number of hydrogen-bond donors (Lipinski definition) is 4. The third-order valence-corrected chi connectivity index (χ3v) is 20.4. The van der Waals surface area contributed by atoms with Gasteiger partial charge in [0.25, 0.3) is 41.9 Å². The van der Waals surface area contributed by atoms with Gasteiger partial charge >= 0.3 is 24.5 Å². The number of carbonyl (C=O) groups is 3. The number of anilines is 6. The first-order valence-corrected chi connectivity index (χ1v) is 37.6. The highest BCUT2D eigenvalue weighted by molar-refractivity contribution is 7.93.